The zero-order valence-electron chi connectivity index (χ0n) is 8.87. The molecule has 0 aromatic rings. The number of nitrogens with zero attached hydrogens (tertiary/aromatic N) is 1. The summed E-state index contributed by atoms with van der Waals surface area (Å²) in [5.74, 6) is 0.854. The SMILES string of the molecule is COCCN(CC(=O)C1CC1)C1CC1. The van der Waals surface area contributed by atoms with Crippen LogP contribution in [0, 0.1) is 5.92 Å². The summed E-state index contributed by atoms with van der Waals surface area (Å²) in [4.78, 5) is 13.9. The molecule has 3 heteroatoms. The van der Waals surface area contributed by atoms with Crippen LogP contribution in [0.5, 0.6) is 0 Å². The Hall–Kier alpha value is -0.410. The Bertz CT molecular complexity index is 209. The second-order valence-corrected chi connectivity index (χ2v) is 4.44. The minimum atomic E-state index is 0.402. The fraction of sp³-hybridized carbons (Fsp3) is 0.909. The molecule has 0 heterocycles. The van der Waals surface area contributed by atoms with E-state index in [-0.39, 0.29) is 0 Å². The van der Waals surface area contributed by atoms with Crippen molar-refractivity contribution in [3.05, 3.63) is 0 Å². The molecule has 0 bridgehead atoms. The molecule has 2 aliphatic carbocycles. The van der Waals surface area contributed by atoms with Crippen LogP contribution in [0.3, 0.4) is 0 Å². The maximum absolute atomic E-state index is 11.6. The molecule has 14 heavy (non-hydrogen) atoms. The lowest BCUT2D eigenvalue weighted by Crippen LogP contribution is -2.35. The molecule has 0 unspecified atom stereocenters. The van der Waals surface area contributed by atoms with Crippen LogP contribution >= 0.6 is 0 Å². The number of hydrogen-bond donors (Lipinski definition) is 0. The van der Waals surface area contributed by atoms with Crippen molar-refractivity contribution in [3.63, 3.8) is 0 Å². The normalized spacial score (nSPS) is 21.6. The molecule has 0 radical (unpaired) electrons. The highest BCUT2D eigenvalue weighted by atomic mass is 16.5. The molecular weight excluding hydrogens is 178 g/mol. The van der Waals surface area contributed by atoms with E-state index in [1.54, 1.807) is 7.11 Å². The average Bonchev–Trinajstić information content (AvgIpc) is 3.06. The molecule has 3 nitrogen and oxygen atoms in total. The van der Waals surface area contributed by atoms with Gasteiger partial charge >= 0.3 is 0 Å². The van der Waals surface area contributed by atoms with E-state index in [4.69, 9.17) is 4.74 Å². The van der Waals surface area contributed by atoms with Gasteiger partial charge in [-0.1, -0.05) is 0 Å². The molecule has 2 aliphatic rings. The maximum atomic E-state index is 11.6. The van der Waals surface area contributed by atoms with Crippen molar-refractivity contribution in [3.8, 4) is 0 Å². The number of ether oxygens (including phenoxy) is 1. The highest BCUT2D eigenvalue weighted by molar-refractivity contribution is 5.85. The first-order chi connectivity index (χ1) is 6.81. The van der Waals surface area contributed by atoms with E-state index >= 15 is 0 Å². The van der Waals surface area contributed by atoms with Crippen LogP contribution in [0.2, 0.25) is 0 Å². The number of methoxy groups -OCH3 is 1. The highest BCUT2D eigenvalue weighted by Gasteiger charge is 2.34. The zero-order valence-corrected chi connectivity index (χ0v) is 8.87. The molecule has 0 N–H and O–H groups in total. The predicted molar refractivity (Wildman–Crippen MR) is 54.2 cm³/mol. The highest BCUT2D eigenvalue weighted by Crippen LogP contribution is 2.32. The first kappa shape index (κ1) is 10.1. The number of carbonyl (C=O) groups excluding carboxylic acids is 1. The van der Waals surface area contributed by atoms with Crippen molar-refractivity contribution in [2.45, 2.75) is 31.7 Å². The maximum Gasteiger partial charge on any atom is 0.149 e. The number of carbonyl (C=O) groups is 1. The van der Waals surface area contributed by atoms with Crippen molar-refractivity contribution in [1.29, 1.82) is 0 Å². The van der Waals surface area contributed by atoms with Crippen LogP contribution in [0.25, 0.3) is 0 Å². The second-order valence-electron chi connectivity index (χ2n) is 4.44. The van der Waals surface area contributed by atoms with Gasteiger partial charge in [0.05, 0.1) is 13.2 Å². The van der Waals surface area contributed by atoms with Crippen molar-refractivity contribution in [2.75, 3.05) is 26.8 Å². The third kappa shape index (κ3) is 2.79. The Morgan fingerprint density at radius 1 is 1.36 bits per heavy atom. The summed E-state index contributed by atoms with van der Waals surface area (Å²) in [6.45, 7) is 2.33. The van der Waals surface area contributed by atoms with E-state index in [1.165, 1.54) is 12.8 Å². The number of hydrogen-bond acceptors (Lipinski definition) is 3. The summed E-state index contributed by atoms with van der Waals surface area (Å²) >= 11 is 0. The molecule has 0 aromatic heterocycles. The van der Waals surface area contributed by atoms with Crippen molar-refractivity contribution in [2.24, 2.45) is 5.92 Å². The summed E-state index contributed by atoms with van der Waals surface area (Å²) < 4.78 is 5.05. The summed E-state index contributed by atoms with van der Waals surface area (Å²) in [6.07, 6.45) is 4.78. The fourth-order valence-electron chi connectivity index (χ4n) is 1.77. The Labute approximate surface area is 85.4 Å². The van der Waals surface area contributed by atoms with Gasteiger partial charge in [0.25, 0.3) is 0 Å². The lowest BCUT2D eigenvalue weighted by molar-refractivity contribution is -0.121. The number of rotatable bonds is 7. The van der Waals surface area contributed by atoms with Crippen molar-refractivity contribution >= 4 is 5.78 Å². The van der Waals surface area contributed by atoms with Gasteiger partial charge in [-0.3, -0.25) is 9.69 Å². The van der Waals surface area contributed by atoms with Gasteiger partial charge in [-0.25, -0.2) is 0 Å². The predicted octanol–water partition coefficient (Wildman–Crippen LogP) is 1.08. The summed E-state index contributed by atoms with van der Waals surface area (Å²) in [5.41, 5.74) is 0. The zero-order chi connectivity index (χ0) is 9.97. The molecule has 2 fully saturated rings. The van der Waals surface area contributed by atoms with Gasteiger partial charge in [-0.2, -0.15) is 0 Å². The van der Waals surface area contributed by atoms with E-state index in [0.717, 1.165) is 26.0 Å². The molecule has 0 spiro atoms. The molecule has 0 amide bonds. The smallest absolute Gasteiger partial charge is 0.149 e. The van der Waals surface area contributed by atoms with Crippen LogP contribution in [0.4, 0.5) is 0 Å². The van der Waals surface area contributed by atoms with E-state index in [9.17, 15) is 4.79 Å². The molecular formula is C11H19NO2. The van der Waals surface area contributed by atoms with Crippen LogP contribution in [0.1, 0.15) is 25.7 Å². The summed E-state index contributed by atoms with van der Waals surface area (Å²) in [5, 5.41) is 0. The Morgan fingerprint density at radius 3 is 2.57 bits per heavy atom. The van der Waals surface area contributed by atoms with E-state index in [0.29, 0.717) is 24.3 Å². The van der Waals surface area contributed by atoms with Crippen molar-refractivity contribution in [1.82, 2.24) is 4.90 Å². The van der Waals surface area contributed by atoms with E-state index in [1.807, 2.05) is 0 Å². The molecule has 2 rings (SSSR count). The number of Topliss-reactive ketones (excluding diaryl/α,β-unsaturated/α-hetero) is 1. The molecule has 2 saturated carbocycles. The lowest BCUT2D eigenvalue weighted by Gasteiger charge is -2.20. The van der Waals surface area contributed by atoms with Crippen LogP contribution in [0.15, 0.2) is 0 Å². The minimum absolute atomic E-state index is 0.402. The van der Waals surface area contributed by atoms with Crippen LogP contribution in [-0.2, 0) is 9.53 Å². The Balaban J connectivity index is 1.74. The van der Waals surface area contributed by atoms with E-state index < -0.39 is 0 Å². The Morgan fingerprint density at radius 2 is 2.07 bits per heavy atom. The van der Waals surface area contributed by atoms with Crippen LogP contribution in [-0.4, -0.2) is 43.5 Å². The molecule has 0 aliphatic heterocycles. The minimum Gasteiger partial charge on any atom is -0.383 e. The molecule has 80 valence electrons. The first-order valence-corrected chi connectivity index (χ1v) is 5.57. The van der Waals surface area contributed by atoms with Crippen LogP contribution < -0.4 is 0 Å². The second kappa shape index (κ2) is 4.41. The molecule has 0 saturated heterocycles. The largest absolute Gasteiger partial charge is 0.383 e. The third-order valence-corrected chi connectivity index (χ3v) is 3.04. The van der Waals surface area contributed by atoms with E-state index in [2.05, 4.69) is 4.90 Å². The average molecular weight is 197 g/mol. The number of ketones is 1. The van der Waals surface area contributed by atoms with Gasteiger partial charge in [-0.05, 0) is 25.7 Å². The summed E-state index contributed by atoms with van der Waals surface area (Å²) in [6, 6.07) is 0.674. The first-order valence-electron chi connectivity index (χ1n) is 5.57. The fourth-order valence-corrected chi connectivity index (χ4v) is 1.77. The Kier molecular flexibility index (Phi) is 3.19. The van der Waals surface area contributed by atoms with Crippen molar-refractivity contribution < 1.29 is 9.53 Å². The lowest BCUT2D eigenvalue weighted by atomic mass is 10.2. The summed E-state index contributed by atoms with van der Waals surface area (Å²) in [7, 11) is 1.72. The van der Waals surface area contributed by atoms with Gasteiger partial charge in [-0.15, -0.1) is 0 Å². The molecule has 0 atom stereocenters. The van der Waals surface area contributed by atoms with Gasteiger partial charge in [0, 0.05) is 25.6 Å². The van der Waals surface area contributed by atoms with Gasteiger partial charge in [0.15, 0.2) is 0 Å². The molecule has 0 aromatic carbocycles. The topological polar surface area (TPSA) is 29.5 Å². The third-order valence-electron chi connectivity index (χ3n) is 3.04. The quantitative estimate of drug-likeness (QED) is 0.611. The van der Waals surface area contributed by atoms with Gasteiger partial charge < -0.3 is 4.74 Å². The standard InChI is InChI=1S/C11H19NO2/c1-14-7-6-12(10-4-5-10)8-11(13)9-2-3-9/h9-10H,2-8H2,1H3. The van der Waals surface area contributed by atoms with Gasteiger partial charge in [0.1, 0.15) is 5.78 Å². The van der Waals surface area contributed by atoms with Gasteiger partial charge in [0.2, 0.25) is 0 Å². The monoisotopic (exact) mass is 197 g/mol.